The molecule has 0 aliphatic heterocycles. The maximum atomic E-state index is 13.2. The fourth-order valence-corrected chi connectivity index (χ4v) is 3.58. The summed E-state index contributed by atoms with van der Waals surface area (Å²) in [4.78, 5) is 22.5. The van der Waals surface area contributed by atoms with E-state index < -0.39 is 0 Å². The molecule has 2 aromatic heterocycles. The maximum absolute atomic E-state index is 13.2. The predicted molar refractivity (Wildman–Crippen MR) is 128 cm³/mol. The smallest absolute Gasteiger partial charge is 0.257 e. The highest BCUT2D eigenvalue weighted by molar-refractivity contribution is 6.10. The Hall–Kier alpha value is -4.72. The number of anilines is 1. The molecule has 0 spiro atoms. The summed E-state index contributed by atoms with van der Waals surface area (Å²) in [5, 5.41) is 17.1. The Morgan fingerprint density at radius 2 is 1.73 bits per heavy atom. The number of carbonyl (C=O) groups is 1. The van der Waals surface area contributed by atoms with E-state index >= 15 is 0 Å². The van der Waals surface area contributed by atoms with Gasteiger partial charge in [0.15, 0.2) is 5.65 Å². The fourth-order valence-electron chi connectivity index (χ4n) is 3.58. The van der Waals surface area contributed by atoms with Crippen LogP contribution >= 0.6 is 0 Å². The lowest BCUT2D eigenvalue weighted by Crippen LogP contribution is -2.23. The summed E-state index contributed by atoms with van der Waals surface area (Å²) in [7, 11) is 0. The standard InChI is InChI=1S/C25H20N6O2/c26-23-21(25(33)27-14-16-7-2-1-3-8-16)22-24(30-20-12-5-4-11-19(20)29-22)31(23)28-15-17-9-6-10-18(32)13-17/h1-13,15,32H,14,26H2,(H,27,33)/b28-15-. The van der Waals surface area contributed by atoms with Crippen LogP contribution in [0.25, 0.3) is 22.2 Å². The normalized spacial score (nSPS) is 11.4. The van der Waals surface area contributed by atoms with Crippen molar-refractivity contribution >= 4 is 40.1 Å². The van der Waals surface area contributed by atoms with E-state index in [0.717, 1.165) is 5.56 Å². The quantitative estimate of drug-likeness (QED) is 0.363. The van der Waals surface area contributed by atoms with Crippen molar-refractivity contribution in [3.05, 3.63) is 95.6 Å². The van der Waals surface area contributed by atoms with Crippen molar-refractivity contribution in [2.45, 2.75) is 6.54 Å². The molecule has 0 bridgehead atoms. The van der Waals surface area contributed by atoms with E-state index in [9.17, 15) is 9.90 Å². The van der Waals surface area contributed by atoms with E-state index in [4.69, 9.17) is 5.73 Å². The largest absolute Gasteiger partial charge is 0.508 e. The zero-order valence-electron chi connectivity index (χ0n) is 17.5. The molecular formula is C25H20N6O2. The van der Waals surface area contributed by atoms with Gasteiger partial charge in [-0.25, -0.2) is 9.97 Å². The number of fused-ring (bicyclic) bond motifs is 2. The zero-order valence-corrected chi connectivity index (χ0v) is 17.5. The van der Waals surface area contributed by atoms with Crippen LogP contribution in [0.4, 0.5) is 5.82 Å². The minimum absolute atomic E-state index is 0.121. The predicted octanol–water partition coefficient (Wildman–Crippen LogP) is 3.68. The third kappa shape index (κ3) is 3.97. The number of amides is 1. The zero-order chi connectivity index (χ0) is 22.8. The number of aromatic nitrogens is 3. The molecule has 8 nitrogen and oxygen atoms in total. The third-order valence-electron chi connectivity index (χ3n) is 5.19. The molecule has 2 heterocycles. The highest BCUT2D eigenvalue weighted by Crippen LogP contribution is 2.28. The molecule has 0 aliphatic rings. The first-order valence-electron chi connectivity index (χ1n) is 10.3. The average Bonchev–Trinajstić information content (AvgIpc) is 3.10. The topological polar surface area (TPSA) is 118 Å². The monoisotopic (exact) mass is 436 g/mol. The molecule has 5 rings (SSSR count). The van der Waals surface area contributed by atoms with Crippen LogP contribution in [0, 0.1) is 0 Å². The summed E-state index contributed by atoms with van der Waals surface area (Å²) in [6, 6.07) is 23.6. The van der Waals surface area contributed by atoms with Crippen LogP contribution in [0.3, 0.4) is 0 Å². The Labute approximate surface area is 189 Å². The number of nitrogens with one attached hydrogen (secondary N) is 1. The van der Waals surface area contributed by atoms with Gasteiger partial charge in [-0.2, -0.15) is 9.78 Å². The van der Waals surface area contributed by atoms with E-state index in [1.165, 1.54) is 10.9 Å². The summed E-state index contributed by atoms with van der Waals surface area (Å²) in [5.74, 6) is -0.115. The van der Waals surface area contributed by atoms with E-state index in [0.29, 0.717) is 34.3 Å². The van der Waals surface area contributed by atoms with Crippen LogP contribution in [0.5, 0.6) is 5.75 Å². The summed E-state index contributed by atoms with van der Waals surface area (Å²) < 4.78 is 1.40. The van der Waals surface area contributed by atoms with Crippen molar-refractivity contribution in [3.8, 4) is 5.75 Å². The van der Waals surface area contributed by atoms with Crippen molar-refractivity contribution in [2.75, 3.05) is 5.73 Å². The van der Waals surface area contributed by atoms with Gasteiger partial charge in [0, 0.05) is 6.54 Å². The summed E-state index contributed by atoms with van der Waals surface area (Å²) in [6.07, 6.45) is 1.54. The molecule has 162 valence electrons. The minimum atomic E-state index is -0.364. The summed E-state index contributed by atoms with van der Waals surface area (Å²) in [6.45, 7) is 0.347. The van der Waals surface area contributed by atoms with E-state index in [1.807, 2.05) is 54.6 Å². The van der Waals surface area contributed by atoms with Crippen molar-refractivity contribution < 1.29 is 9.90 Å². The molecule has 4 N–H and O–H groups in total. The number of hydrogen-bond acceptors (Lipinski definition) is 6. The first kappa shape index (κ1) is 20.2. The number of nitrogens with two attached hydrogens (primary N) is 1. The van der Waals surface area contributed by atoms with Crippen LogP contribution in [0.2, 0.25) is 0 Å². The van der Waals surface area contributed by atoms with Gasteiger partial charge in [0.1, 0.15) is 22.6 Å². The molecule has 33 heavy (non-hydrogen) atoms. The number of hydrogen-bond donors (Lipinski definition) is 3. The Morgan fingerprint density at radius 3 is 2.48 bits per heavy atom. The number of rotatable bonds is 5. The van der Waals surface area contributed by atoms with Crippen molar-refractivity contribution in [1.29, 1.82) is 0 Å². The molecule has 0 saturated heterocycles. The number of nitrogen functional groups attached to an aromatic ring is 1. The van der Waals surface area contributed by atoms with Gasteiger partial charge in [-0.05, 0) is 35.4 Å². The van der Waals surface area contributed by atoms with E-state index in [-0.39, 0.29) is 23.0 Å². The SMILES string of the molecule is Nc1c(C(=O)NCc2ccccc2)c2nc3ccccc3nc2n1/N=C\c1cccc(O)c1. The molecule has 5 aromatic rings. The second-order valence-corrected chi connectivity index (χ2v) is 7.46. The number of aromatic hydroxyl groups is 1. The van der Waals surface area contributed by atoms with Gasteiger partial charge < -0.3 is 16.2 Å². The fraction of sp³-hybridized carbons (Fsp3) is 0.0400. The number of phenolic OH excluding ortho intramolecular Hbond substituents is 1. The Morgan fingerprint density at radius 1 is 1.00 bits per heavy atom. The summed E-state index contributed by atoms with van der Waals surface area (Å²) >= 11 is 0. The second-order valence-electron chi connectivity index (χ2n) is 7.46. The molecule has 0 fully saturated rings. The highest BCUT2D eigenvalue weighted by atomic mass is 16.3. The van der Waals surface area contributed by atoms with Crippen molar-refractivity contribution in [2.24, 2.45) is 5.10 Å². The van der Waals surface area contributed by atoms with Gasteiger partial charge >= 0.3 is 0 Å². The lowest BCUT2D eigenvalue weighted by atomic mass is 10.2. The Bertz CT molecular complexity index is 1510. The number of para-hydroxylation sites is 2. The van der Waals surface area contributed by atoms with E-state index in [2.05, 4.69) is 20.4 Å². The van der Waals surface area contributed by atoms with Gasteiger partial charge in [-0.3, -0.25) is 4.79 Å². The molecule has 0 atom stereocenters. The van der Waals surface area contributed by atoms with Gasteiger partial charge in [0.05, 0.1) is 17.2 Å². The molecule has 0 radical (unpaired) electrons. The minimum Gasteiger partial charge on any atom is -0.508 e. The molecular weight excluding hydrogens is 416 g/mol. The van der Waals surface area contributed by atoms with Crippen LogP contribution in [-0.4, -0.2) is 31.9 Å². The first-order chi connectivity index (χ1) is 16.1. The molecule has 0 saturated carbocycles. The van der Waals surface area contributed by atoms with Crippen LogP contribution in [-0.2, 0) is 6.54 Å². The van der Waals surface area contributed by atoms with Gasteiger partial charge in [0.25, 0.3) is 5.91 Å². The molecule has 1 amide bonds. The van der Waals surface area contributed by atoms with E-state index in [1.54, 1.807) is 24.3 Å². The van der Waals surface area contributed by atoms with Crippen LogP contribution < -0.4 is 11.1 Å². The van der Waals surface area contributed by atoms with Gasteiger partial charge in [-0.1, -0.05) is 54.6 Å². The molecule has 8 heteroatoms. The molecule has 3 aromatic carbocycles. The molecule has 0 aliphatic carbocycles. The number of phenols is 1. The Balaban J connectivity index is 1.61. The number of benzene rings is 3. The first-order valence-corrected chi connectivity index (χ1v) is 10.3. The average molecular weight is 436 g/mol. The third-order valence-corrected chi connectivity index (χ3v) is 5.19. The second kappa shape index (κ2) is 8.43. The van der Waals surface area contributed by atoms with Crippen molar-refractivity contribution in [3.63, 3.8) is 0 Å². The lowest BCUT2D eigenvalue weighted by molar-refractivity contribution is 0.0953. The van der Waals surface area contributed by atoms with Gasteiger partial charge in [-0.15, -0.1) is 0 Å². The highest BCUT2D eigenvalue weighted by Gasteiger charge is 2.24. The van der Waals surface area contributed by atoms with Crippen molar-refractivity contribution in [1.82, 2.24) is 20.0 Å². The summed E-state index contributed by atoms with van der Waals surface area (Å²) in [5.41, 5.74) is 10.3. The maximum Gasteiger partial charge on any atom is 0.257 e. The number of nitrogens with zero attached hydrogens (tertiary/aromatic N) is 4. The number of carbonyl (C=O) groups excluding carboxylic acids is 1. The molecule has 0 unspecified atom stereocenters. The van der Waals surface area contributed by atoms with Crippen LogP contribution in [0.15, 0.2) is 84.0 Å². The van der Waals surface area contributed by atoms with Gasteiger partial charge in [0.2, 0.25) is 0 Å². The lowest BCUT2D eigenvalue weighted by Gasteiger charge is -2.05. The Kier molecular flexibility index (Phi) is 5.16. The van der Waals surface area contributed by atoms with Crippen LogP contribution in [0.1, 0.15) is 21.5 Å².